The van der Waals surface area contributed by atoms with Gasteiger partial charge >= 0.3 is 0 Å². The summed E-state index contributed by atoms with van der Waals surface area (Å²) in [6, 6.07) is 10.1. The zero-order valence-electron chi connectivity index (χ0n) is 11.2. The predicted molar refractivity (Wildman–Crippen MR) is 73.7 cm³/mol. The number of rotatable bonds is 2. The molecule has 0 amide bonds. The highest BCUT2D eigenvalue weighted by molar-refractivity contribution is 5.25. The van der Waals surface area contributed by atoms with Crippen LogP contribution in [0.4, 0.5) is 0 Å². The standard InChI is InChI=1S/C8H9N.3C2H6/c1-9-7-8-5-3-2-4-6-8;3*1-2/h2-6H,1,7H2;3*1-2H3. The van der Waals surface area contributed by atoms with Gasteiger partial charge < -0.3 is 0 Å². The first kappa shape index (κ1) is 19.5. The Morgan fingerprint density at radius 2 is 1.27 bits per heavy atom. The molecule has 1 aromatic carbocycles. The molecule has 0 aliphatic rings. The van der Waals surface area contributed by atoms with Gasteiger partial charge in [0.05, 0.1) is 6.54 Å². The number of aliphatic imine (C=N–C) groups is 1. The molecular weight excluding hydrogens is 182 g/mol. The molecular formula is C14H27N. The maximum Gasteiger partial charge on any atom is 0.0632 e. The monoisotopic (exact) mass is 209 g/mol. The van der Waals surface area contributed by atoms with Gasteiger partial charge in [0.15, 0.2) is 0 Å². The lowest BCUT2D eigenvalue weighted by molar-refractivity contribution is 1.08. The summed E-state index contributed by atoms with van der Waals surface area (Å²) in [5, 5.41) is 0. The van der Waals surface area contributed by atoms with Crippen LogP contribution in [0, 0.1) is 0 Å². The van der Waals surface area contributed by atoms with Crippen LogP contribution < -0.4 is 0 Å². The van der Waals surface area contributed by atoms with E-state index in [-0.39, 0.29) is 0 Å². The Hall–Kier alpha value is -1.11. The van der Waals surface area contributed by atoms with Crippen molar-refractivity contribution in [3.8, 4) is 0 Å². The lowest BCUT2D eigenvalue weighted by Crippen LogP contribution is -1.76. The summed E-state index contributed by atoms with van der Waals surface area (Å²) < 4.78 is 0. The average Bonchev–Trinajstić information content (AvgIpc) is 2.38. The van der Waals surface area contributed by atoms with Gasteiger partial charge in [-0.1, -0.05) is 71.9 Å². The van der Waals surface area contributed by atoms with E-state index in [1.54, 1.807) is 0 Å². The molecule has 0 aliphatic heterocycles. The quantitative estimate of drug-likeness (QED) is 0.610. The van der Waals surface area contributed by atoms with Crippen molar-refractivity contribution in [2.75, 3.05) is 0 Å². The van der Waals surface area contributed by atoms with E-state index < -0.39 is 0 Å². The van der Waals surface area contributed by atoms with Crippen LogP contribution in [0.5, 0.6) is 0 Å². The summed E-state index contributed by atoms with van der Waals surface area (Å²) in [4.78, 5) is 3.76. The van der Waals surface area contributed by atoms with E-state index in [0.717, 1.165) is 6.54 Å². The fraction of sp³-hybridized carbons (Fsp3) is 0.500. The minimum atomic E-state index is 0.723. The summed E-state index contributed by atoms with van der Waals surface area (Å²) in [5.74, 6) is 0. The summed E-state index contributed by atoms with van der Waals surface area (Å²) in [6.07, 6.45) is 0. The second-order valence-electron chi connectivity index (χ2n) is 1.87. The molecule has 0 heterocycles. The molecule has 88 valence electrons. The molecule has 0 radical (unpaired) electrons. The van der Waals surface area contributed by atoms with E-state index in [4.69, 9.17) is 0 Å². The van der Waals surface area contributed by atoms with Crippen LogP contribution in [0.25, 0.3) is 0 Å². The SMILES string of the molecule is C=NCc1ccccc1.CC.CC.CC. The van der Waals surface area contributed by atoms with Crippen LogP contribution in [-0.2, 0) is 6.54 Å². The predicted octanol–water partition coefficient (Wildman–Crippen LogP) is 4.97. The topological polar surface area (TPSA) is 12.4 Å². The highest BCUT2D eigenvalue weighted by Gasteiger charge is 1.82. The van der Waals surface area contributed by atoms with Crippen molar-refractivity contribution in [3.63, 3.8) is 0 Å². The summed E-state index contributed by atoms with van der Waals surface area (Å²) >= 11 is 0. The van der Waals surface area contributed by atoms with Crippen LogP contribution in [-0.4, -0.2) is 6.72 Å². The molecule has 0 unspecified atom stereocenters. The zero-order valence-corrected chi connectivity index (χ0v) is 11.2. The third-order valence-corrected chi connectivity index (χ3v) is 1.14. The summed E-state index contributed by atoms with van der Waals surface area (Å²) in [5.41, 5.74) is 1.22. The minimum absolute atomic E-state index is 0.723. The Morgan fingerprint density at radius 1 is 0.867 bits per heavy atom. The van der Waals surface area contributed by atoms with Crippen molar-refractivity contribution in [2.24, 2.45) is 4.99 Å². The molecule has 0 fully saturated rings. The van der Waals surface area contributed by atoms with Crippen LogP contribution in [0.3, 0.4) is 0 Å². The Bertz CT molecular complexity index is 180. The van der Waals surface area contributed by atoms with Gasteiger partial charge in [-0.3, -0.25) is 4.99 Å². The van der Waals surface area contributed by atoms with Gasteiger partial charge in [-0.15, -0.1) is 0 Å². The summed E-state index contributed by atoms with van der Waals surface area (Å²) in [6.45, 7) is 16.1. The van der Waals surface area contributed by atoms with Crippen molar-refractivity contribution in [1.82, 2.24) is 0 Å². The van der Waals surface area contributed by atoms with Crippen LogP contribution in [0.2, 0.25) is 0 Å². The van der Waals surface area contributed by atoms with Gasteiger partial charge in [-0.05, 0) is 12.3 Å². The molecule has 0 N–H and O–H groups in total. The second-order valence-corrected chi connectivity index (χ2v) is 1.87. The highest BCUT2D eigenvalue weighted by Crippen LogP contribution is 1.98. The molecule has 1 aromatic rings. The van der Waals surface area contributed by atoms with Gasteiger partial charge in [-0.2, -0.15) is 0 Å². The number of hydrogen-bond donors (Lipinski definition) is 0. The van der Waals surface area contributed by atoms with Gasteiger partial charge in [0.1, 0.15) is 0 Å². The fourth-order valence-corrected chi connectivity index (χ4v) is 0.713. The molecule has 15 heavy (non-hydrogen) atoms. The third-order valence-electron chi connectivity index (χ3n) is 1.14. The van der Waals surface area contributed by atoms with Crippen LogP contribution in [0.15, 0.2) is 35.3 Å². The maximum atomic E-state index is 3.76. The molecule has 1 rings (SSSR count). The smallest absolute Gasteiger partial charge is 0.0632 e. The number of hydrogen-bond acceptors (Lipinski definition) is 1. The number of nitrogens with zero attached hydrogens (tertiary/aromatic N) is 1. The second kappa shape index (κ2) is 23.1. The number of benzene rings is 1. The van der Waals surface area contributed by atoms with E-state index in [2.05, 4.69) is 11.7 Å². The van der Waals surface area contributed by atoms with E-state index in [1.807, 2.05) is 71.9 Å². The van der Waals surface area contributed by atoms with E-state index in [9.17, 15) is 0 Å². The Morgan fingerprint density at radius 3 is 1.60 bits per heavy atom. The first-order chi connectivity index (χ1) is 7.43. The minimum Gasteiger partial charge on any atom is -0.296 e. The van der Waals surface area contributed by atoms with Crippen LogP contribution >= 0.6 is 0 Å². The molecule has 1 nitrogen and oxygen atoms in total. The first-order valence-corrected chi connectivity index (χ1v) is 5.90. The largest absolute Gasteiger partial charge is 0.296 e. The van der Waals surface area contributed by atoms with Gasteiger partial charge in [0.25, 0.3) is 0 Å². The highest BCUT2D eigenvalue weighted by atomic mass is 14.7. The molecule has 0 atom stereocenters. The first-order valence-electron chi connectivity index (χ1n) is 5.90. The van der Waals surface area contributed by atoms with Gasteiger partial charge in [0.2, 0.25) is 0 Å². The Kier molecular flexibility index (Phi) is 29.9. The normalized spacial score (nSPS) is 6.53. The summed E-state index contributed by atoms with van der Waals surface area (Å²) in [7, 11) is 0. The fourth-order valence-electron chi connectivity index (χ4n) is 0.713. The molecule has 0 saturated carbocycles. The lowest BCUT2D eigenvalue weighted by atomic mass is 10.2. The van der Waals surface area contributed by atoms with Crippen molar-refractivity contribution >= 4 is 6.72 Å². The zero-order chi connectivity index (χ0) is 12.5. The van der Waals surface area contributed by atoms with E-state index in [0.29, 0.717) is 0 Å². The molecule has 0 bridgehead atoms. The van der Waals surface area contributed by atoms with E-state index >= 15 is 0 Å². The molecule has 0 spiro atoms. The molecule has 1 heteroatoms. The lowest BCUT2D eigenvalue weighted by Gasteiger charge is -1.90. The Labute approximate surface area is 96.3 Å². The maximum absolute atomic E-state index is 3.76. The molecule has 0 aliphatic carbocycles. The van der Waals surface area contributed by atoms with E-state index in [1.165, 1.54) is 5.56 Å². The Balaban J connectivity index is -0.000000208. The average molecular weight is 209 g/mol. The van der Waals surface area contributed by atoms with Crippen molar-refractivity contribution < 1.29 is 0 Å². The molecule has 0 aromatic heterocycles. The van der Waals surface area contributed by atoms with Gasteiger partial charge in [-0.25, -0.2) is 0 Å². The third kappa shape index (κ3) is 15.6. The van der Waals surface area contributed by atoms with Crippen molar-refractivity contribution in [3.05, 3.63) is 35.9 Å². The van der Waals surface area contributed by atoms with Crippen molar-refractivity contribution in [2.45, 2.75) is 48.1 Å². The van der Waals surface area contributed by atoms with Crippen LogP contribution in [0.1, 0.15) is 47.1 Å². The van der Waals surface area contributed by atoms with Crippen molar-refractivity contribution in [1.29, 1.82) is 0 Å². The molecule has 0 saturated heterocycles. The van der Waals surface area contributed by atoms with Gasteiger partial charge in [0, 0.05) is 0 Å².